The summed E-state index contributed by atoms with van der Waals surface area (Å²) in [6.45, 7) is 5.02. The fraction of sp³-hybridized carbons (Fsp3) is 0.867. The number of amides is 2. The highest BCUT2D eigenvalue weighted by Crippen LogP contribution is 2.28. The molecule has 1 saturated heterocycles. The highest BCUT2D eigenvalue weighted by molar-refractivity contribution is 5.76. The first kappa shape index (κ1) is 16.1. The molecule has 1 aliphatic heterocycles. The first-order valence-corrected chi connectivity index (χ1v) is 7.89. The van der Waals surface area contributed by atoms with E-state index in [-0.39, 0.29) is 11.9 Å². The molecule has 0 aromatic carbocycles. The number of urea groups is 1. The number of carboxylic acids is 1. The molecule has 1 aliphatic carbocycles. The van der Waals surface area contributed by atoms with E-state index in [2.05, 4.69) is 5.32 Å². The van der Waals surface area contributed by atoms with Gasteiger partial charge in [-0.15, -0.1) is 0 Å². The van der Waals surface area contributed by atoms with E-state index in [1.807, 2.05) is 6.92 Å². The summed E-state index contributed by atoms with van der Waals surface area (Å²) in [4.78, 5) is 24.8. The number of hydrogen-bond donors (Lipinski definition) is 2. The number of aliphatic carboxylic acids is 1. The van der Waals surface area contributed by atoms with E-state index in [0.717, 1.165) is 18.9 Å². The first-order valence-electron chi connectivity index (χ1n) is 7.89. The highest BCUT2D eigenvalue weighted by atomic mass is 16.5. The zero-order valence-electron chi connectivity index (χ0n) is 12.7. The summed E-state index contributed by atoms with van der Waals surface area (Å²) in [6, 6.07) is -0.157. The van der Waals surface area contributed by atoms with Crippen molar-refractivity contribution in [1.29, 1.82) is 0 Å². The van der Waals surface area contributed by atoms with Gasteiger partial charge in [0, 0.05) is 32.8 Å². The number of carboxylic acid groups (broad SMARTS) is 1. The summed E-state index contributed by atoms with van der Waals surface area (Å²) in [5, 5.41) is 12.0. The molecular weight excluding hydrogens is 272 g/mol. The lowest BCUT2D eigenvalue weighted by Crippen LogP contribution is -2.49. The minimum absolute atomic E-state index is 0.157. The molecular formula is C15H26N2O4. The minimum Gasteiger partial charge on any atom is -0.481 e. The number of nitrogens with zero attached hydrogens (tertiary/aromatic N) is 1. The molecule has 0 bridgehead atoms. The van der Waals surface area contributed by atoms with Gasteiger partial charge >= 0.3 is 12.0 Å². The summed E-state index contributed by atoms with van der Waals surface area (Å²) < 4.78 is 5.51. The summed E-state index contributed by atoms with van der Waals surface area (Å²) in [6.07, 6.45) is 4.02. The highest BCUT2D eigenvalue weighted by Gasteiger charge is 2.31. The Hall–Kier alpha value is -1.30. The zero-order chi connectivity index (χ0) is 15.2. The van der Waals surface area contributed by atoms with Crippen LogP contribution in [0.2, 0.25) is 0 Å². The molecule has 2 unspecified atom stereocenters. The monoisotopic (exact) mass is 298 g/mol. The topological polar surface area (TPSA) is 78.9 Å². The molecule has 0 radical (unpaired) electrons. The van der Waals surface area contributed by atoms with Gasteiger partial charge in [0.25, 0.3) is 0 Å². The van der Waals surface area contributed by atoms with E-state index >= 15 is 0 Å². The lowest BCUT2D eigenvalue weighted by molar-refractivity contribution is -0.143. The van der Waals surface area contributed by atoms with E-state index in [0.29, 0.717) is 32.7 Å². The normalized spacial score (nSPS) is 25.7. The van der Waals surface area contributed by atoms with Crippen LogP contribution in [0.25, 0.3) is 0 Å². The molecule has 2 N–H and O–H groups in total. The van der Waals surface area contributed by atoms with Crippen LogP contribution in [0.1, 0.15) is 32.6 Å². The van der Waals surface area contributed by atoms with Crippen LogP contribution in [0.5, 0.6) is 0 Å². The third-order valence-corrected chi connectivity index (χ3v) is 4.09. The molecule has 21 heavy (non-hydrogen) atoms. The van der Waals surface area contributed by atoms with Gasteiger partial charge in [-0.05, 0) is 37.5 Å². The van der Waals surface area contributed by atoms with Crippen molar-refractivity contribution in [1.82, 2.24) is 10.2 Å². The number of ether oxygens (including phenoxy) is 1. The Balaban J connectivity index is 1.60. The second-order valence-corrected chi connectivity index (χ2v) is 6.38. The lowest BCUT2D eigenvalue weighted by atomic mass is 9.91. The summed E-state index contributed by atoms with van der Waals surface area (Å²) in [5.41, 5.74) is 0. The van der Waals surface area contributed by atoms with Crippen LogP contribution >= 0.6 is 0 Å². The van der Waals surface area contributed by atoms with Gasteiger partial charge in [-0.2, -0.15) is 0 Å². The van der Waals surface area contributed by atoms with Crippen molar-refractivity contribution in [2.45, 2.75) is 32.6 Å². The molecule has 2 atom stereocenters. The van der Waals surface area contributed by atoms with Crippen molar-refractivity contribution in [3.63, 3.8) is 0 Å². The molecule has 1 saturated carbocycles. The Labute approximate surface area is 125 Å². The number of likely N-dealkylation sites (tertiary alicyclic amines) is 1. The van der Waals surface area contributed by atoms with E-state index in [9.17, 15) is 9.59 Å². The maximum atomic E-state index is 12.0. The van der Waals surface area contributed by atoms with Gasteiger partial charge < -0.3 is 20.1 Å². The van der Waals surface area contributed by atoms with Crippen LogP contribution in [0.15, 0.2) is 0 Å². The zero-order valence-corrected chi connectivity index (χ0v) is 12.7. The third kappa shape index (κ3) is 5.53. The smallest absolute Gasteiger partial charge is 0.317 e. The van der Waals surface area contributed by atoms with Crippen LogP contribution < -0.4 is 5.32 Å². The van der Waals surface area contributed by atoms with Gasteiger partial charge in [0.15, 0.2) is 0 Å². The first-order chi connectivity index (χ1) is 10.1. The Kier molecular flexibility index (Phi) is 5.85. The minimum atomic E-state index is -0.812. The van der Waals surface area contributed by atoms with Gasteiger partial charge in [-0.25, -0.2) is 4.79 Å². The standard InChI is InChI=1S/C15H26N2O4/c1-11-7-13(14(18)19)9-17(8-11)15(20)16-5-2-6-21-10-12-3-4-12/h11-13H,2-10H2,1H3,(H,16,20)(H,18,19). The number of hydrogen-bond acceptors (Lipinski definition) is 3. The molecule has 2 rings (SSSR count). The fourth-order valence-corrected chi connectivity index (χ4v) is 2.71. The second kappa shape index (κ2) is 7.64. The fourth-order valence-electron chi connectivity index (χ4n) is 2.71. The number of piperidine rings is 1. The number of rotatable bonds is 7. The molecule has 2 amide bonds. The largest absolute Gasteiger partial charge is 0.481 e. The predicted octanol–water partition coefficient (Wildman–Crippen LogP) is 1.56. The summed E-state index contributed by atoms with van der Waals surface area (Å²) >= 11 is 0. The predicted molar refractivity (Wildman–Crippen MR) is 78.0 cm³/mol. The van der Waals surface area contributed by atoms with E-state index < -0.39 is 11.9 Å². The summed E-state index contributed by atoms with van der Waals surface area (Å²) in [7, 11) is 0. The molecule has 2 aliphatic rings. The molecule has 6 heteroatoms. The van der Waals surface area contributed by atoms with Crippen molar-refractivity contribution in [3.8, 4) is 0 Å². The van der Waals surface area contributed by atoms with E-state index in [1.165, 1.54) is 12.8 Å². The van der Waals surface area contributed by atoms with Gasteiger partial charge in [-0.3, -0.25) is 4.79 Å². The van der Waals surface area contributed by atoms with Crippen molar-refractivity contribution < 1.29 is 19.4 Å². The van der Waals surface area contributed by atoms with E-state index in [1.54, 1.807) is 4.90 Å². The average Bonchev–Trinajstić information content (AvgIpc) is 3.25. The maximum Gasteiger partial charge on any atom is 0.317 e. The third-order valence-electron chi connectivity index (χ3n) is 4.09. The van der Waals surface area contributed by atoms with Crippen molar-refractivity contribution in [2.75, 3.05) is 32.8 Å². The van der Waals surface area contributed by atoms with Crippen LogP contribution in [-0.2, 0) is 9.53 Å². The van der Waals surface area contributed by atoms with Gasteiger partial charge in [-0.1, -0.05) is 6.92 Å². The Morgan fingerprint density at radius 2 is 2.10 bits per heavy atom. The van der Waals surface area contributed by atoms with Gasteiger partial charge in [0.2, 0.25) is 0 Å². The van der Waals surface area contributed by atoms with Crippen molar-refractivity contribution in [3.05, 3.63) is 0 Å². The van der Waals surface area contributed by atoms with Crippen LogP contribution in [-0.4, -0.2) is 54.9 Å². The second-order valence-electron chi connectivity index (χ2n) is 6.38. The molecule has 1 heterocycles. The van der Waals surface area contributed by atoms with Crippen LogP contribution in [0.3, 0.4) is 0 Å². The number of carbonyl (C=O) groups is 2. The Morgan fingerprint density at radius 1 is 1.33 bits per heavy atom. The molecule has 6 nitrogen and oxygen atoms in total. The Bertz CT molecular complexity index is 371. The SMILES string of the molecule is CC1CC(C(=O)O)CN(C(=O)NCCCOCC2CC2)C1. The number of nitrogens with one attached hydrogen (secondary N) is 1. The number of carbonyl (C=O) groups excluding carboxylic acids is 1. The molecule has 0 spiro atoms. The molecule has 0 aromatic rings. The quantitative estimate of drug-likeness (QED) is 0.699. The lowest BCUT2D eigenvalue weighted by Gasteiger charge is -2.34. The van der Waals surface area contributed by atoms with E-state index in [4.69, 9.17) is 9.84 Å². The van der Waals surface area contributed by atoms with Crippen LogP contribution in [0.4, 0.5) is 4.79 Å². The Morgan fingerprint density at radius 3 is 2.76 bits per heavy atom. The average molecular weight is 298 g/mol. The van der Waals surface area contributed by atoms with Gasteiger partial charge in [0.1, 0.15) is 0 Å². The molecule has 0 aromatic heterocycles. The van der Waals surface area contributed by atoms with Crippen molar-refractivity contribution >= 4 is 12.0 Å². The molecule has 120 valence electrons. The molecule has 2 fully saturated rings. The van der Waals surface area contributed by atoms with Crippen molar-refractivity contribution in [2.24, 2.45) is 17.8 Å². The van der Waals surface area contributed by atoms with Crippen LogP contribution in [0, 0.1) is 17.8 Å². The maximum absolute atomic E-state index is 12.0. The summed E-state index contributed by atoms with van der Waals surface area (Å²) in [5.74, 6) is -0.260. The van der Waals surface area contributed by atoms with Gasteiger partial charge in [0.05, 0.1) is 5.92 Å².